The molecule has 1 fully saturated rings. The number of hydrogen-bond donors (Lipinski definition) is 2. The van der Waals surface area contributed by atoms with Crippen molar-refractivity contribution < 1.29 is 0 Å². The fourth-order valence-electron chi connectivity index (χ4n) is 4.40. The summed E-state index contributed by atoms with van der Waals surface area (Å²) in [5.74, 6) is 0.560. The normalized spacial score (nSPS) is 17.3. The minimum Gasteiger partial charge on any atom is -0.382 e. The monoisotopic (exact) mass is 408 g/mol. The number of pyridine rings is 1. The van der Waals surface area contributed by atoms with E-state index in [1.807, 2.05) is 24.5 Å². The van der Waals surface area contributed by atoms with Gasteiger partial charge in [-0.15, -0.1) is 0 Å². The summed E-state index contributed by atoms with van der Waals surface area (Å²) in [5.41, 5.74) is 11.9. The molecule has 2 aromatic heterocycles. The summed E-state index contributed by atoms with van der Waals surface area (Å²) < 4.78 is 2.10. The molecule has 7 heteroatoms. The van der Waals surface area contributed by atoms with Gasteiger partial charge in [0.05, 0.1) is 17.9 Å². The quantitative estimate of drug-likeness (QED) is 0.691. The number of nitrogens with two attached hydrogens (primary N) is 1. The number of piperidine rings is 1. The Balaban J connectivity index is 1.42. The van der Waals surface area contributed by atoms with Crippen molar-refractivity contribution >= 4 is 23.1 Å². The van der Waals surface area contributed by atoms with Gasteiger partial charge in [0, 0.05) is 41.6 Å². The highest BCUT2D eigenvalue weighted by Gasteiger charge is 2.21. The van der Waals surface area contributed by atoms with Crippen molar-refractivity contribution in [3.8, 4) is 11.1 Å². The van der Waals surface area contributed by atoms with E-state index in [-0.39, 0.29) is 0 Å². The summed E-state index contributed by atoms with van der Waals surface area (Å²) in [6.07, 6.45) is 9.05. The van der Waals surface area contributed by atoms with Crippen molar-refractivity contribution in [1.82, 2.24) is 20.1 Å². The predicted molar refractivity (Wildman–Crippen MR) is 117 cm³/mol. The second kappa shape index (κ2) is 7.69. The lowest BCUT2D eigenvalue weighted by Gasteiger charge is -2.31. The number of aromatic nitrogens is 3. The van der Waals surface area contributed by atoms with E-state index in [2.05, 4.69) is 43.3 Å². The number of halogens is 1. The minimum absolute atomic E-state index is 0.467. The van der Waals surface area contributed by atoms with Crippen molar-refractivity contribution in [2.24, 2.45) is 0 Å². The van der Waals surface area contributed by atoms with E-state index >= 15 is 0 Å². The molecule has 0 radical (unpaired) electrons. The molecule has 1 aromatic carbocycles. The number of rotatable bonds is 3. The van der Waals surface area contributed by atoms with Gasteiger partial charge in [-0.05, 0) is 55.6 Å². The smallest absolute Gasteiger partial charge is 0.147 e. The van der Waals surface area contributed by atoms with Gasteiger partial charge in [-0.2, -0.15) is 5.10 Å². The first-order chi connectivity index (χ1) is 14.2. The van der Waals surface area contributed by atoms with Gasteiger partial charge in [0.1, 0.15) is 5.82 Å². The molecule has 2 aliphatic rings. The van der Waals surface area contributed by atoms with Crippen molar-refractivity contribution in [1.29, 1.82) is 0 Å². The van der Waals surface area contributed by atoms with Crippen LogP contribution in [0.15, 0.2) is 42.9 Å². The summed E-state index contributed by atoms with van der Waals surface area (Å²) in [5, 5.41) is 8.88. The first-order valence-corrected chi connectivity index (χ1v) is 10.6. The third-order valence-corrected chi connectivity index (χ3v) is 6.42. The third-order valence-electron chi connectivity index (χ3n) is 6.06. The van der Waals surface area contributed by atoms with Crippen molar-refractivity contribution in [3.63, 3.8) is 0 Å². The number of nitrogen functional groups attached to an aromatic ring is 1. The van der Waals surface area contributed by atoms with Crippen LogP contribution in [0, 0.1) is 0 Å². The van der Waals surface area contributed by atoms with E-state index in [9.17, 15) is 0 Å². The lowest BCUT2D eigenvalue weighted by atomic mass is 9.99. The van der Waals surface area contributed by atoms with Crippen LogP contribution < -0.4 is 16.0 Å². The molecule has 3 N–H and O–H groups in total. The fourth-order valence-corrected chi connectivity index (χ4v) is 4.69. The summed E-state index contributed by atoms with van der Waals surface area (Å²) in [6, 6.07) is 8.73. The third kappa shape index (κ3) is 3.58. The second-order valence-corrected chi connectivity index (χ2v) is 8.27. The highest BCUT2D eigenvalue weighted by molar-refractivity contribution is 6.31. The van der Waals surface area contributed by atoms with Crippen LogP contribution in [0.1, 0.15) is 30.0 Å². The molecule has 150 valence electrons. The van der Waals surface area contributed by atoms with Crippen LogP contribution in [0.2, 0.25) is 5.02 Å². The fraction of sp³-hybridized carbons (Fsp3) is 0.364. The van der Waals surface area contributed by atoms with Crippen molar-refractivity contribution in [2.45, 2.75) is 31.8 Å². The Kier molecular flexibility index (Phi) is 4.89. The molecule has 29 heavy (non-hydrogen) atoms. The number of anilines is 2. The molecule has 2 aliphatic heterocycles. The van der Waals surface area contributed by atoms with E-state index < -0.39 is 0 Å². The Hall–Kier alpha value is -2.57. The van der Waals surface area contributed by atoms with Crippen LogP contribution in [0.4, 0.5) is 11.5 Å². The summed E-state index contributed by atoms with van der Waals surface area (Å²) in [4.78, 5) is 6.78. The van der Waals surface area contributed by atoms with Crippen molar-refractivity contribution in [2.75, 3.05) is 30.3 Å². The Labute approximate surface area is 175 Å². The van der Waals surface area contributed by atoms with Crippen LogP contribution in [0.5, 0.6) is 0 Å². The molecule has 0 atom stereocenters. The molecule has 0 amide bonds. The van der Waals surface area contributed by atoms with Gasteiger partial charge < -0.3 is 16.0 Å². The Morgan fingerprint density at radius 1 is 1.14 bits per heavy atom. The first kappa shape index (κ1) is 18.5. The summed E-state index contributed by atoms with van der Waals surface area (Å²) >= 11 is 6.37. The molecule has 0 saturated carbocycles. The van der Waals surface area contributed by atoms with Gasteiger partial charge in [0.2, 0.25) is 0 Å². The van der Waals surface area contributed by atoms with E-state index in [1.54, 1.807) is 0 Å². The molecule has 1 saturated heterocycles. The second-order valence-electron chi connectivity index (χ2n) is 7.87. The van der Waals surface area contributed by atoms with Crippen molar-refractivity contribution in [3.05, 3.63) is 59.0 Å². The van der Waals surface area contributed by atoms with Gasteiger partial charge in [-0.3, -0.25) is 4.68 Å². The molecule has 6 nitrogen and oxygen atoms in total. The van der Waals surface area contributed by atoms with Gasteiger partial charge in [-0.1, -0.05) is 23.7 Å². The predicted octanol–water partition coefficient (Wildman–Crippen LogP) is 3.67. The van der Waals surface area contributed by atoms with Crippen LogP contribution >= 0.6 is 11.6 Å². The summed E-state index contributed by atoms with van der Waals surface area (Å²) in [7, 11) is 0. The summed E-state index contributed by atoms with van der Waals surface area (Å²) in [6.45, 7) is 3.77. The van der Waals surface area contributed by atoms with Gasteiger partial charge >= 0.3 is 0 Å². The minimum atomic E-state index is 0.467. The van der Waals surface area contributed by atoms with E-state index in [0.29, 0.717) is 11.9 Å². The molecular formula is C22H25ClN6. The average Bonchev–Trinajstić information content (AvgIpc) is 3.25. The topological polar surface area (TPSA) is 72.0 Å². The van der Waals surface area contributed by atoms with Crippen LogP contribution in [-0.2, 0) is 13.0 Å². The molecular weight excluding hydrogens is 384 g/mol. The van der Waals surface area contributed by atoms with E-state index in [1.165, 1.54) is 11.1 Å². The van der Waals surface area contributed by atoms with Crippen LogP contribution in [0.25, 0.3) is 11.1 Å². The number of benzene rings is 1. The van der Waals surface area contributed by atoms with Crippen LogP contribution in [0.3, 0.4) is 0 Å². The number of hydrogen-bond acceptors (Lipinski definition) is 5. The van der Waals surface area contributed by atoms with E-state index in [4.69, 9.17) is 17.3 Å². The Bertz CT molecular complexity index is 1020. The Morgan fingerprint density at radius 3 is 2.86 bits per heavy atom. The Morgan fingerprint density at radius 2 is 2.00 bits per heavy atom. The van der Waals surface area contributed by atoms with E-state index in [0.717, 1.165) is 67.3 Å². The molecule has 5 rings (SSSR count). The highest BCUT2D eigenvalue weighted by atomic mass is 35.5. The lowest BCUT2D eigenvalue weighted by Crippen LogP contribution is -2.31. The molecule has 0 spiro atoms. The zero-order valence-electron chi connectivity index (χ0n) is 16.3. The zero-order chi connectivity index (χ0) is 19.8. The molecule has 0 bridgehead atoms. The standard InChI is InChI=1S/C22H25ClN6/c23-20-3-1-2-15-13-28(9-6-19(15)20)21-10-16(11-26-22(21)24)17-12-27-29(14-17)18-4-7-25-8-5-18/h1-3,10-12,14,18,25H,4-9,13H2,(H2,24,26). The zero-order valence-corrected chi connectivity index (χ0v) is 17.1. The van der Waals surface area contributed by atoms with Crippen LogP contribution in [-0.4, -0.2) is 34.4 Å². The lowest BCUT2D eigenvalue weighted by molar-refractivity contribution is 0.343. The maximum atomic E-state index is 6.37. The maximum Gasteiger partial charge on any atom is 0.147 e. The van der Waals surface area contributed by atoms with Gasteiger partial charge in [0.25, 0.3) is 0 Å². The number of nitrogens with zero attached hydrogens (tertiary/aromatic N) is 4. The average molecular weight is 409 g/mol. The molecule has 3 aromatic rings. The molecule has 0 aliphatic carbocycles. The highest BCUT2D eigenvalue weighted by Crippen LogP contribution is 2.33. The largest absolute Gasteiger partial charge is 0.382 e. The SMILES string of the molecule is Nc1ncc(-c2cnn(C3CCNCC3)c2)cc1N1CCc2c(Cl)cccc2C1. The number of fused-ring (bicyclic) bond motifs is 1. The van der Waals surface area contributed by atoms with Gasteiger partial charge in [-0.25, -0.2) is 4.98 Å². The van der Waals surface area contributed by atoms with Gasteiger partial charge in [0.15, 0.2) is 0 Å². The molecule has 4 heterocycles. The maximum absolute atomic E-state index is 6.37. The molecule has 0 unspecified atom stereocenters. The number of nitrogens with one attached hydrogen (secondary N) is 1. The first-order valence-electron chi connectivity index (χ1n) is 10.2.